The molecule has 0 spiro atoms. The van der Waals surface area contributed by atoms with Crippen molar-refractivity contribution in [1.29, 1.82) is 0 Å². The van der Waals surface area contributed by atoms with Gasteiger partial charge in [0.2, 0.25) is 0 Å². The van der Waals surface area contributed by atoms with Gasteiger partial charge in [0.15, 0.2) is 6.61 Å². The van der Waals surface area contributed by atoms with Gasteiger partial charge in [-0.2, -0.15) is 0 Å². The van der Waals surface area contributed by atoms with E-state index in [1.807, 2.05) is 24.3 Å². The Morgan fingerprint density at radius 2 is 1.50 bits per heavy atom. The largest absolute Gasteiger partial charge is 0.497 e. The number of benzene rings is 2. The molecular formula is C18H20ClNO4. The minimum atomic E-state index is -0.122. The summed E-state index contributed by atoms with van der Waals surface area (Å²) in [6.07, 6.45) is 0. The Labute approximate surface area is 146 Å². The molecule has 0 bridgehead atoms. The number of hydrogen-bond acceptors (Lipinski definition) is 4. The van der Waals surface area contributed by atoms with Gasteiger partial charge in [0, 0.05) is 12.1 Å². The molecule has 0 N–H and O–H groups in total. The second-order valence-electron chi connectivity index (χ2n) is 5.08. The molecule has 24 heavy (non-hydrogen) atoms. The Morgan fingerprint density at radius 1 is 0.958 bits per heavy atom. The lowest BCUT2D eigenvalue weighted by Crippen LogP contribution is -2.34. The minimum absolute atomic E-state index is 0.0271. The molecule has 0 saturated carbocycles. The fraction of sp³-hybridized carbons (Fsp3) is 0.278. The Balaban J connectivity index is 1.69. The molecule has 6 heteroatoms. The lowest BCUT2D eigenvalue weighted by molar-refractivity contribution is -0.132. The molecule has 1 amide bonds. The maximum absolute atomic E-state index is 12.0. The zero-order chi connectivity index (χ0) is 17.4. The summed E-state index contributed by atoms with van der Waals surface area (Å²) in [6, 6.07) is 14.2. The molecule has 128 valence electrons. The van der Waals surface area contributed by atoms with Gasteiger partial charge in [-0.15, -0.1) is 0 Å². The molecule has 2 rings (SSSR count). The predicted octanol–water partition coefficient (Wildman–Crippen LogP) is 3.26. The fourth-order valence-electron chi connectivity index (χ4n) is 1.88. The zero-order valence-corrected chi connectivity index (χ0v) is 14.5. The molecule has 0 saturated heterocycles. The third-order valence-electron chi connectivity index (χ3n) is 3.36. The Bertz CT molecular complexity index is 643. The van der Waals surface area contributed by atoms with E-state index in [1.54, 1.807) is 43.3 Å². The van der Waals surface area contributed by atoms with E-state index in [9.17, 15) is 4.79 Å². The van der Waals surface area contributed by atoms with Crippen molar-refractivity contribution in [3.63, 3.8) is 0 Å². The van der Waals surface area contributed by atoms with E-state index in [4.69, 9.17) is 25.8 Å². The van der Waals surface area contributed by atoms with Crippen molar-refractivity contribution in [3.05, 3.63) is 53.6 Å². The highest BCUT2D eigenvalue weighted by atomic mass is 35.5. The second kappa shape index (κ2) is 9.03. The van der Waals surface area contributed by atoms with E-state index in [2.05, 4.69) is 0 Å². The number of carbonyl (C=O) groups is 1. The smallest absolute Gasteiger partial charge is 0.260 e. The zero-order valence-electron chi connectivity index (χ0n) is 13.7. The van der Waals surface area contributed by atoms with Gasteiger partial charge in [0.05, 0.1) is 13.7 Å². The fourth-order valence-corrected chi connectivity index (χ4v) is 2.01. The van der Waals surface area contributed by atoms with Crippen LogP contribution in [0.1, 0.15) is 0 Å². The molecule has 0 radical (unpaired) electrons. The van der Waals surface area contributed by atoms with Gasteiger partial charge in [0.25, 0.3) is 5.91 Å². The van der Waals surface area contributed by atoms with E-state index in [0.29, 0.717) is 23.9 Å². The van der Waals surface area contributed by atoms with Crippen LogP contribution < -0.4 is 14.2 Å². The van der Waals surface area contributed by atoms with Crippen molar-refractivity contribution in [2.75, 3.05) is 33.9 Å². The van der Waals surface area contributed by atoms with Gasteiger partial charge >= 0.3 is 0 Å². The standard InChI is InChI=1S/C18H20ClNO4/c1-20(11-12-23-16-9-7-15(22-2)8-10-16)18(21)13-24-17-5-3-14(19)4-6-17/h3-10H,11-13H2,1-2H3. The van der Waals surface area contributed by atoms with E-state index in [1.165, 1.54) is 0 Å². The molecule has 0 aliphatic carbocycles. The molecule has 0 aromatic heterocycles. The lowest BCUT2D eigenvalue weighted by Gasteiger charge is -2.18. The first-order chi connectivity index (χ1) is 11.6. The van der Waals surface area contributed by atoms with Crippen molar-refractivity contribution in [2.24, 2.45) is 0 Å². The summed E-state index contributed by atoms with van der Waals surface area (Å²) >= 11 is 5.80. The molecule has 0 atom stereocenters. The number of rotatable bonds is 8. The van der Waals surface area contributed by atoms with Crippen LogP contribution in [0.3, 0.4) is 0 Å². The molecule has 0 aliphatic heterocycles. The highest BCUT2D eigenvalue weighted by Gasteiger charge is 2.09. The van der Waals surface area contributed by atoms with Crippen molar-refractivity contribution in [3.8, 4) is 17.2 Å². The summed E-state index contributed by atoms with van der Waals surface area (Å²) < 4.78 is 16.1. The third kappa shape index (κ3) is 5.66. The molecule has 0 aliphatic rings. The molecular weight excluding hydrogens is 330 g/mol. The van der Waals surface area contributed by atoms with Crippen LogP contribution in [0.2, 0.25) is 5.02 Å². The van der Waals surface area contributed by atoms with E-state index in [-0.39, 0.29) is 12.5 Å². The summed E-state index contributed by atoms with van der Waals surface area (Å²) in [6.45, 7) is 0.838. The van der Waals surface area contributed by atoms with Crippen LogP contribution in [-0.2, 0) is 4.79 Å². The number of halogens is 1. The number of ether oxygens (including phenoxy) is 3. The monoisotopic (exact) mass is 349 g/mol. The van der Waals surface area contributed by atoms with Gasteiger partial charge in [0.1, 0.15) is 23.9 Å². The average Bonchev–Trinajstić information content (AvgIpc) is 2.61. The molecule has 2 aromatic carbocycles. The molecule has 0 heterocycles. The maximum Gasteiger partial charge on any atom is 0.260 e. The average molecular weight is 350 g/mol. The number of methoxy groups -OCH3 is 1. The van der Waals surface area contributed by atoms with Crippen LogP contribution in [0.4, 0.5) is 0 Å². The summed E-state index contributed by atoms with van der Waals surface area (Å²) in [5, 5.41) is 0.626. The van der Waals surface area contributed by atoms with Crippen LogP contribution >= 0.6 is 11.6 Å². The maximum atomic E-state index is 12.0. The minimum Gasteiger partial charge on any atom is -0.497 e. The number of hydrogen-bond donors (Lipinski definition) is 0. The Kier molecular flexibility index (Phi) is 6.75. The van der Waals surface area contributed by atoms with Crippen LogP contribution in [0.15, 0.2) is 48.5 Å². The van der Waals surface area contributed by atoms with Crippen molar-refractivity contribution < 1.29 is 19.0 Å². The van der Waals surface area contributed by atoms with Crippen molar-refractivity contribution >= 4 is 17.5 Å². The topological polar surface area (TPSA) is 48.0 Å². The quantitative estimate of drug-likeness (QED) is 0.734. The van der Waals surface area contributed by atoms with Crippen LogP contribution in [0, 0.1) is 0 Å². The van der Waals surface area contributed by atoms with Gasteiger partial charge in [-0.1, -0.05) is 11.6 Å². The SMILES string of the molecule is COc1ccc(OCCN(C)C(=O)COc2ccc(Cl)cc2)cc1. The number of amides is 1. The first-order valence-electron chi connectivity index (χ1n) is 7.47. The van der Waals surface area contributed by atoms with Gasteiger partial charge in [-0.25, -0.2) is 0 Å². The summed E-state index contributed by atoms with van der Waals surface area (Å²) in [4.78, 5) is 13.6. The van der Waals surface area contributed by atoms with Crippen LogP contribution in [-0.4, -0.2) is 44.7 Å². The summed E-state index contributed by atoms with van der Waals surface area (Å²) in [7, 11) is 3.33. The lowest BCUT2D eigenvalue weighted by atomic mass is 10.3. The highest BCUT2D eigenvalue weighted by molar-refractivity contribution is 6.30. The Morgan fingerprint density at radius 3 is 2.12 bits per heavy atom. The van der Waals surface area contributed by atoms with Crippen molar-refractivity contribution in [2.45, 2.75) is 0 Å². The van der Waals surface area contributed by atoms with E-state index < -0.39 is 0 Å². The summed E-state index contributed by atoms with van der Waals surface area (Å²) in [5.41, 5.74) is 0. The molecule has 5 nitrogen and oxygen atoms in total. The second-order valence-corrected chi connectivity index (χ2v) is 5.52. The number of carbonyl (C=O) groups excluding carboxylic acids is 1. The molecule has 0 fully saturated rings. The van der Waals surface area contributed by atoms with Gasteiger partial charge < -0.3 is 19.1 Å². The highest BCUT2D eigenvalue weighted by Crippen LogP contribution is 2.17. The van der Waals surface area contributed by atoms with Crippen LogP contribution in [0.5, 0.6) is 17.2 Å². The third-order valence-corrected chi connectivity index (χ3v) is 3.61. The first kappa shape index (κ1) is 17.9. The van der Waals surface area contributed by atoms with Gasteiger partial charge in [-0.05, 0) is 48.5 Å². The number of nitrogens with zero attached hydrogens (tertiary/aromatic N) is 1. The molecule has 0 unspecified atom stereocenters. The number of likely N-dealkylation sites (N-methyl/N-ethyl adjacent to an activating group) is 1. The van der Waals surface area contributed by atoms with Gasteiger partial charge in [-0.3, -0.25) is 4.79 Å². The van der Waals surface area contributed by atoms with Crippen molar-refractivity contribution in [1.82, 2.24) is 4.90 Å². The van der Waals surface area contributed by atoms with E-state index >= 15 is 0 Å². The van der Waals surface area contributed by atoms with E-state index in [0.717, 1.165) is 11.5 Å². The Hall–Kier alpha value is -2.40. The first-order valence-corrected chi connectivity index (χ1v) is 7.85. The summed E-state index contributed by atoms with van der Waals surface area (Å²) in [5.74, 6) is 1.99. The molecule has 2 aromatic rings. The predicted molar refractivity (Wildman–Crippen MR) is 93.1 cm³/mol. The normalized spacial score (nSPS) is 10.1. The van der Waals surface area contributed by atoms with Crippen LogP contribution in [0.25, 0.3) is 0 Å².